The van der Waals surface area contributed by atoms with Gasteiger partial charge in [-0.3, -0.25) is 4.57 Å². The second kappa shape index (κ2) is 7.35. The van der Waals surface area contributed by atoms with Crippen molar-refractivity contribution in [2.45, 2.75) is 19.9 Å². The minimum absolute atomic E-state index is 0.138. The van der Waals surface area contributed by atoms with Gasteiger partial charge in [-0.2, -0.15) is 8.78 Å². The fraction of sp³-hybridized carbons (Fsp3) is 0.692. The van der Waals surface area contributed by atoms with Gasteiger partial charge in [-0.15, -0.1) is 0 Å². The van der Waals surface area contributed by atoms with Gasteiger partial charge in [0.25, 0.3) is 0 Å². The first-order valence-electron chi connectivity index (χ1n) is 7.16. The van der Waals surface area contributed by atoms with Crippen molar-refractivity contribution >= 4 is 6.03 Å². The summed E-state index contributed by atoms with van der Waals surface area (Å²) in [6.07, 6.45) is 2.87. The predicted octanol–water partition coefficient (Wildman–Crippen LogP) is 1.17. The summed E-state index contributed by atoms with van der Waals surface area (Å²) in [6, 6.07) is -0.138. The van der Waals surface area contributed by atoms with Crippen LogP contribution in [0.1, 0.15) is 19.3 Å². The molecule has 21 heavy (non-hydrogen) atoms. The highest BCUT2D eigenvalue weighted by Crippen LogP contribution is 2.12. The van der Waals surface area contributed by atoms with E-state index in [1.54, 1.807) is 4.90 Å². The van der Waals surface area contributed by atoms with E-state index in [9.17, 15) is 13.6 Å². The average molecular weight is 301 g/mol. The fourth-order valence-corrected chi connectivity index (χ4v) is 2.38. The van der Waals surface area contributed by atoms with Crippen molar-refractivity contribution < 1.29 is 13.6 Å². The van der Waals surface area contributed by atoms with Crippen LogP contribution in [0, 0.1) is 0 Å². The summed E-state index contributed by atoms with van der Waals surface area (Å²) >= 11 is 0. The number of aromatic nitrogens is 2. The molecule has 118 valence electrons. The Hall–Kier alpha value is -1.70. The minimum atomic E-state index is -2.60. The maximum Gasteiger partial charge on any atom is 0.319 e. The number of amides is 2. The number of nitrogens with one attached hydrogen (secondary N) is 1. The lowest BCUT2D eigenvalue weighted by molar-refractivity contribution is 0.0670. The Labute approximate surface area is 122 Å². The van der Waals surface area contributed by atoms with Crippen molar-refractivity contribution in [2.75, 3.05) is 39.3 Å². The van der Waals surface area contributed by atoms with Gasteiger partial charge in [-0.25, -0.2) is 9.78 Å². The average Bonchev–Trinajstić information content (AvgIpc) is 2.96. The van der Waals surface area contributed by atoms with Gasteiger partial charge >= 0.3 is 12.6 Å². The van der Waals surface area contributed by atoms with Gasteiger partial charge < -0.3 is 15.1 Å². The first-order valence-corrected chi connectivity index (χ1v) is 7.16. The summed E-state index contributed by atoms with van der Waals surface area (Å²) in [5, 5.41) is 2.76. The number of urea groups is 1. The molecular formula is C13H21F2N5O. The van der Waals surface area contributed by atoms with Gasteiger partial charge in [0.05, 0.1) is 0 Å². The molecular weight excluding hydrogens is 280 g/mol. The van der Waals surface area contributed by atoms with E-state index < -0.39 is 6.55 Å². The SMILES string of the molecule is CCN1CCN(C(=O)NCCc2nccn2C(F)F)CC1. The molecule has 8 heteroatoms. The molecule has 6 nitrogen and oxygen atoms in total. The highest BCUT2D eigenvalue weighted by Gasteiger charge is 2.20. The van der Waals surface area contributed by atoms with E-state index in [2.05, 4.69) is 22.1 Å². The van der Waals surface area contributed by atoms with Crippen LogP contribution in [-0.4, -0.2) is 64.7 Å². The van der Waals surface area contributed by atoms with E-state index in [-0.39, 0.29) is 18.3 Å². The van der Waals surface area contributed by atoms with E-state index in [1.807, 2.05) is 0 Å². The topological polar surface area (TPSA) is 53.4 Å². The molecule has 0 aromatic carbocycles. The summed E-state index contributed by atoms with van der Waals surface area (Å²) in [5.41, 5.74) is 0. The lowest BCUT2D eigenvalue weighted by atomic mass is 10.3. The van der Waals surface area contributed by atoms with Crippen molar-refractivity contribution in [1.82, 2.24) is 24.7 Å². The Bertz CT molecular complexity index is 457. The van der Waals surface area contributed by atoms with Crippen LogP contribution in [0.3, 0.4) is 0 Å². The molecule has 2 rings (SSSR count). The highest BCUT2D eigenvalue weighted by molar-refractivity contribution is 5.74. The molecule has 2 amide bonds. The maximum absolute atomic E-state index is 12.6. The Kier molecular flexibility index (Phi) is 5.49. The van der Waals surface area contributed by atoms with Gasteiger partial charge in [-0.05, 0) is 6.54 Å². The summed E-state index contributed by atoms with van der Waals surface area (Å²) < 4.78 is 26.1. The molecule has 0 saturated carbocycles. The Morgan fingerprint density at radius 3 is 2.71 bits per heavy atom. The number of likely N-dealkylation sites (N-methyl/N-ethyl adjacent to an activating group) is 1. The molecule has 1 aliphatic rings. The molecule has 1 aliphatic heterocycles. The lowest BCUT2D eigenvalue weighted by Crippen LogP contribution is -2.51. The summed E-state index contributed by atoms with van der Waals surface area (Å²) in [7, 11) is 0. The summed E-state index contributed by atoms with van der Waals surface area (Å²) in [6.45, 7) is 3.94. The molecule has 1 aromatic heterocycles. The molecule has 0 atom stereocenters. The van der Waals surface area contributed by atoms with Gasteiger partial charge in [0.1, 0.15) is 5.82 Å². The zero-order chi connectivity index (χ0) is 15.2. The third-order valence-corrected chi connectivity index (χ3v) is 3.69. The third-order valence-electron chi connectivity index (χ3n) is 3.69. The number of hydrogen-bond acceptors (Lipinski definition) is 3. The molecule has 0 unspecified atom stereocenters. The minimum Gasteiger partial charge on any atom is -0.338 e. The number of carbonyl (C=O) groups is 1. The van der Waals surface area contributed by atoms with Crippen LogP contribution in [0.15, 0.2) is 12.4 Å². The Balaban J connectivity index is 1.73. The number of halogens is 2. The van der Waals surface area contributed by atoms with Gasteiger partial charge in [0.15, 0.2) is 0 Å². The second-order valence-electron chi connectivity index (χ2n) is 4.93. The smallest absolute Gasteiger partial charge is 0.319 e. The van der Waals surface area contributed by atoms with Crippen LogP contribution in [0.25, 0.3) is 0 Å². The van der Waals surface area contributed by atoms with Crippen molar-refractivity contribution in [2.24, 2.45) is 0 Å². The quantitative estimate of drug-likeness (QED) is 0.888. The molecule has 0 radical (unpaired) electrons. The van der Waals surface area contributed by atoms with Crippen molar-refractivity contribution in [3.8, 4) is 0 Å². The summed E-state index contributed by atoms with van der Waals surface area (Å²) in [4.78, 5) is 19.9. The monoisotopic (exact) mass is 301 g/mol. The lowest BCUT2D eigenvalue weighted by Gasteiger charge is -2.33. The molecule has 1 saturated heterocycles. The van der Waals surface area contributed by atoms with Crippen LogP contribution in [0.2, 0.25) is 0 Å². The molecule has 1 aromatic rings. The van der Waals surface area contributed by atoms with E-state index in [0.29, 0.717) is 19.6 Å². The number of nitrogens with zero attached hydrogens (tertiary/aromatic N) is 4. The largest absolute Gasteiger partial charge is 0.338 e. The van der Waals surface area contributed by atoms with Crippen molar-refractivity contribution in [3.63, 3.8) is 0 Å². The van der Waals surface area contributed by atoms with Gasteiger partial charge in [0.2, 0.25) is 0 Å². The zero-order valence-corrected chi connectivity index (χ0v) is 12.1. The third kappa shape index (κ3) is 4.13. The highest BCUT2D eigenvalue weighted by atomic mass is 19.3. The molecule has 0 aliphatic carbocycles. The van der Waals surface area contributed by atoms with Crippen LogP contribution >= 0.6 is 0 Å². The van der Waals surface area contributed by atoms with Crippen molar-refractivity contribution in [3.05, 3.63) is 18.2 Å². The molecule has 1 N–H and O–H groups in total. The van der Waals surface area contributed by atoms with Crippen LogP contribution in [-0.2, 0) is 6.42 Å². The summed E-state index contributed by atoms with van der Waals surface area (Å²) in [5.74, 6) is 0.279. The number of alkyl halides is 2. The predicted molar refractivity (Wildman–Crippen MR) is 74.3 cm³/mol. The normalized spacial score (nSPS) is 16.5. The van der Waals surface area contributed by atoms with Gasteiger partial charge in [-0.1, -0.05) is 6.92 Å². The van der Waals surface area contributed by atoms with Crippen molar-refractivity contribution in [1.29, 1.82) is 0 Å². The number of carbonyl (C=O) groups excluding carboxylic acids is 1. The molecule has 2 heterocycles. The van der Waals surface area contributed by atoms with Crippen LogP contribution in [0.5, 0.6) is 0 Å². The molecule has 1 fully saturated rings. The van der Waals surface area contributed by atoms with Gasteiger partial charge in [0, 0.05) is 51.5 Å². The second-order valence-corrected chi connectivity index (χ2v) is 4.93. The van der Waals surface area contributed by atoms with E-state index in [1.165, 1.54) is 12.4 Å². The Morgan fingerprint density at radius 2 is 2.10 bits per heavy atom. The number of rotatable bonds is 5. The van der Waals surface area contributed by atoms with E-state index in [4.69, 9.17) is 0 Å². The first-order chi connectivity index (χ1) is 10.1. The number of piperazine rings is 1. The van der Waals surface area contributed by atoms with Crippen LogP contribution < -0.4 is 5.32 Å². The maximum atomic E-state index is 12.6. The fourth-order valence-electron chi connectivity index (χ4n) is 2.38. The molecule has 0 bridgehead atoms. The van der Waals surface area contributed by atoms with E-state index in [0.717, 1.165) is 24.2 Å². The van der Waals surface area contributed by atoms with E-state index >= 15 is 0 Å². The van der Waals surface area contributed by atoms with Crippen LogP contribution in [0.4, 0.5) is 13.6 Å². The number of hydrogen-bond donors (Lipinski definition) is 1. The zero-order valence-electron chi connectivity index (χ0n) is 12.1. The standard InChI is InChI=1S/C13H21F2N5O/c1-2-18-7-9-19(10-8-18)13(21)17-4-3-11-16-5-6-20(11)12(14)15/h5-6,12H,2-4,7-10H2,1H3,(H,17,21). The number of imidazole rings is 1. The first kappa shape index (κ1) is 15.7. The Morgan fingerprint density at radius 1 is 1.38 bits per heavy atom. The molecule has 0 spiro atoms.